The molecule has 0 aromatic carbocycles. The summed E-state index contributed by atoms with van der Waals surface area (Å²) in [5.41, 5.74) is 5.54. The third-order valence-corrected chi connectivity index (χ3v) is 3.12. The molecule has 0 aliphatic rings. The summed E-state index contributed by atoms with van der Waals surface area (Å²) in [4.78, 5) is 6.16. The molecular weight excluding hydrogens is 250 g/mol. The first-order chi connectivity index (χ1) is 8.51. The van der Waals surface area contributed by atoms with Gasteiger partial charge in [-0.25, -0.2) is 0 Å². The number of guanidine groups is 1. The first-order valence-electron chi connectivity index (χ1n) is 5.73. The number of nitrogens with two attached hydrogens (primary N) is 1. The minimum absolute atomic E-state index is 0.364. The normalized spacial score (nSPS) is 11.3. The largest absolute Gasteiger partial charge is 0.433 e. The Morgan fingerprint density at radius 3 is 2.56 bits per heavy atom. The summed E-state index contributed by atoms with van der Waals surface area (Å²) in [5.74, 6) is 0.364. The van der Waals surface area contributed by atoms with Crippen molar-refractivity contribution < 1.29 is 10.0 Å². The Labute approximate surface area is 112 Å². The van der Waals surface area contributed by atoms with Gasteiger partial charge in [-0.2, -0.15) is 0 Å². The molecule has 0 spiro atoms. The Kier molecular flexibility index (Phi) is 6.20. The molecule has 6 N–H and O–H groups in total. The van der Waals surface area contributed by atoms with Crippen molar-refractivity contribution in [2.75, 3.05) is 0 Å². The van der Waals surface area contributed by atoms with Gasteiger partial charge in [0.05, 0.1) is 6.54 Å². The van der Waals surface area contributed by atoms with Crippen LogP contribution >= 0.6 is 11.3 Å². The monoisotopic (exact) mass is 268 g/mol. The Hall–Kier alpha value is -1.02. The number of nitrogens with one attached hydrogen (secondary N) is 2. The highest BCUT2D eigenvalue weighted by molar-refractivity contribution is 7.11. The van der Waals surface area contributed by atoms with E-state index in [2.05, 4.69) is 15.4 Å². The fraction of sp³-hybridized carbons (Fsp3) is 0.444. The van der Waals surface area contributed by atoms with Crippen molar-refractivity contribution >= 4 is 31.4 Å². The number of thiophene rings is 1. The molecule has 98 valence electrons. The van der Waals surface area contributed by atoms with E-state index < -0.39 is 14.1 Å². The van der Waals surface area contributed by atoms with Crippen LogP contribution < -0.4 is 16.3 Å². The lowest BCUT2D eigenvalue weighted by molar-refractivity contribution is 0.569. The summed E-state index contributed by atoms with van der Waals surface area (Å²) in [7, 11) is -1.57. The lowest BCUT2D eigenvalue weighted by atomic mass is 9.88. The van der Waals surface area contributed by atoms with Crippen LogP contribution in [0.4, 0.5) is 0 Å². The zero-order valence-corrected chi connectivity index (χ0v) is 11.4. The molecule has 0 fully saturated rings. The highest BCUT2D eigenvalue weighted by Crippen LogP contribution is 2.15. The molecule has 0 saturated carbocycles. The summed E-state index contributed by atoms with van der Waals surface area (Å²) >= 11 is 1.62. The minimum atomic E-state index is -0.832. The second kappa shape index (κ2) is 7.42. The maximum absolute atomic E-state index is 9.25. The summed E-state index contributed by atoms with van der Waals surface area (Å²) in [6, 6.07) is 3.97. The van der Waals surface area contributed by atoms with E-state index in [-0.39, 0.29) is 0 Å². The third kappa shape index (κ3) is 5.54. The molecule has 0 radical (unpaired) electrons. The van der Waals surface area contributed by atoms with Gasteiger partial charge in [0.1, 0.15) is 0 Å². The summed E-state index contributed by atoms with van der Waals surface area (Å²) < 4.78 is 0. The highest BCUT2D eigenvalue weighted by atomic mass is 32.1. The average Bonchev–Trinajstić information content (AvgIpc) is 2.72. The molecule has 0 aliphatic heterocycles. The molecule has 0 amide bonds. The number of hydrogen-bond acceptors (Lipinski definition) is 5. The smallest absolute Gasteiger partial charge is 0.431 e. The standard InChI is InChI=1S/C9H18B2N4O2S/c1-10(16)14-9(15-11(2)17)13-6-8-4-3-7(5-12)18-8/h3-4,16-17H,5-6,12H2,1-2H3,(H2,13,14,15). The lowest BCUT2D eigenvalue weighted by Crippen LogP contribution is -2.45. The lowest BCUT2D eigenvalue weighted by Gasteiger charge is -2.12. The van der Waals surface area contributed by atoms with Crippen LogP contribution in [0.5, 0.6) is 0 Å². The van der Waals surface area contributed by atoms with E-state index in [1.807, 2.05) is 12.1 Å². The van der Waals surface area contributed by atoms with Gasteiger partial charge in [0.15, 0.2) is 5.96 Å². The number of nitrogens with zero attached hydrogens (tertiary/aromatic N) is 1. The Morgan fingerprint density at radius 2 is 2.06 bits per heavy atom. The summed E-state index contributed by atoms with van der Waals surface area (Å²) in [6.45, 7) is 4.22. The van der Waals surface area contributed by atoms with Crippen molar-refractivity contribution in [3.8, 4) is 0 Å². The van der Waals surface area contributed by atoms with E-state index in [9.17, 15) is 10.0 Å². The molecular formula is C9H18B2N4O2S. The van der Waals surface area contributed by atoms with Crippen LogP contribution in [-0.4, -0.2) is 30.1 Å². The van der Waals surface area contributed by atoms with Gasteiger partial charge in [0.25, 0.3) is 0 Å². The number of hydrogen-bond donors (Lipinski definition) is 5. The molecule has 0 atom stereocenters. The van der Waals surface area contributed by atoms with E-state index in [1.54, 1.807) is 25.0 Å². The SMILES string of the molecule is CB(O)N=C(NCc1ccc(CN)s1)NB(C)O. The topological polar surface area (TPSA) is 103 Å². The molecule has 1 aromatic rings. The summed E-state index contributed by atoms with van der Waals surface area (Å²) in [5, 5.41) is 24.2. The quantitative estimate of drug-likeness (QED) is 0.280. The van der Waals surface area contributed by atoms with Crippen molar-refractivity contribution in [2.24, 2.45) is 10.6 Å². The van der Waals surface area contributed by atoms with Crippen LogP contribution in [0.15, 0.2) is 17.0 Å². The van der Waals surface area contributed by atoms with Crippen molar-refractivity contribution in [1.82, 2.24) is 10.5 Å². The molecule has 18 heavy (non-hydrogen) atoms. The van der Waals surface area contributed by atoms with Crippen LogP contribution in [0.1, 0.15) is 9.75 Å². The van der Waals surface area contributed by atoms with Crippen molar-refractivity contribution in [2.45, 2.75) is 26.7 Å². The molecule has 0 unspecified atom stereocenters. The fourth-order valence-corrected chi connectivity index (χ4v) is 2.15. The maximum atomic E-state index is 9.25. The van der Waals surface area contributed by atoms with Crippen LogP contribution in [0.3, 0.4) is 0 Å². The van der Waals surface area contributed by atoms with Crippen molar-refractivity contribution in [3.05, 3.63) is 21.9 Å². The molecule has 1 aromatic heterocycles. The van der Waals surface area contributed by atoms with Crippen LogP contribution in [0.25, 0.3) is 0 Å². The third-order valence-electron chi connectivity index (χ3n) is 2.01. The van der Waals surface area contributed by atoms with E-state index in [4.69, 9.17) is 5.73 Å². The zero-order valence-electron chi connectivity index (χ0n) is 10.6. The van der Waals surface area contributed by atoms with Gasteiger partial charge in [-0.05, 0) is 25.8 Å². The molecule has 0 bridgehead atoms. The predicted molar refractivity (Wildman–Crippen MR) is 77.3 cm³/mol. The summed E-state index contributed by atoms with van der Waals surface area (Å²) in [6.07, 6.45) is 0. The Bertz CT molecular complexity index is 398. The van der Waals surface area contributed by atoms with Crippen molar-refractivity contribution in [1.29, 1.82) is 0 Å². The Morgan fingerprint density at radius 1 is 1.39 bits per heavy atom. The second-order valence-electron chi connectivity index (χ2n) is 3.86. The van der Waals surface area contributed by atoms with Crippen molar-refractivity contribution in [3.63, 3.8) is 0 Å². The van der Waals surface area contributed by atoms with Gasteiger partial charge < -0.3 is 26.3 Å². The Balaban J connectivity index is 2.56. The average molecular weight is 268 g/mol. The van der Waals surface area contributed by atoms with Crippen LogP contribution in [-0.2, 0) is 13.1 Å². The zero-order chi connectivity index (χ0) is 13.5. The first kappa shape index (κ1) is 15.0. The van der Waals surface area contributed by atoms with E-state index in [0.717, 1.165) is 9.75 Å². The molecule has 9 heteroatoms. The second-order valence-corrected chi connectivity index (χ2v) is 5.11. The van der Waals surface area contributed by atoms with E-state index >= 15 is 0 Å². The first-order valence-corrected chi connectivity index (χ1v) is 6.55. The van der Waals surface area contributed by atoms with Gasteiger partial charge in [-0.3, -0.25) is 4.90 Å². The maximum Gasteiger partial charge on any atom is 0.431 e. The van der Waals surface area contributed by atoms with E-state index in [1.165, 1.54) is 0 Å². The molecule has 6 nitrogen and oxygen atoms in total. The number of rotatable bonds is 5. The molecule has 0 aliphatic carbocycles. The van der Waals surface area contributed by atoms with Crippen LogP contribution in [0, 0.1) is 0 Å². The molecule has 0 saturated heterocycles. The highest BCUT2D eigenvalue weighted by Gasteiger charge is 2.09. The van der Waals surface area contributed by atoms with Gasteiger partial charge in [-0.15, -0.1) is 11.3 Å². The van der Waals surface area contributed by atoms with Gasteiger partial charge in [-0.1, -0.05) is 0 Å². The van der Waals surface area contributed by atoms with Gasteiger partial charge in [0, 0.05) is 16.3 Å². The predicted octanol–water partition coefficient (Wildman–Crippen LogP) is -0.537. The van der Waals surface area contributed by atoms with Gasteiger partial charge >= 0.3 is 14.1 Å². The van der Waals surface area contributed by atoms with Crippen LogP contribution in [0.2, 0.25) is 13.6 Å². The fourth-order valence-electron chi connectivity index (χ4n) is 1.32. The van der Waals surface area contributed by atoms with Gasteiger partial charge in [0.2, 0.25) is 0 Å². The molecule has 1 rings (SSSR count). The minimum Gasteiger partial charge on any atom is -0.433 e. The van der Waals surface area contributed by atoms with E-state index in [0.29, 0.717) is 19.0 Å². The molecule has 1 heterocycles.